The zero-order valence-corrected chi connectivity index (χ0v) is 18.9. The standard InChI is InChI=1S/C24H22N4O4S/c1-15(2)32-18-10-8-17(9-11-18)22(30)25-12-20(29)27-28-14-26-23-21(24(28)31)19(13-33-23)16-6-4-3-5-7-16/h3-11,13-15H,12H2,1-2H3,(H,25,30)(H,27,29). The molecule has 2 N–H and O–H groups in total. The van der Waals surface area contributed by atoms with Crippen LogP contribution in [0.1, 0.15) is 24.2 Å². The number of amides is 2. The maximum atomic E-state index is 13.0. The lowest BCUT2D eigenvalue weighted by Gasteiger charge is -2.11. The molecule has 2 aromatic heterocycles. The van der Waals surface area contributed by atoms with E-state index in [1.54, 1.807) is 24.3 Å². The number of nitrogens with one attached hydrogen (secondary N) is 2. The lowest BCUT2D eigenvalue weighted by Crippen LogP contribution is -2.39. The van der Waals surface area contributed by atoms with E-state index in [0.29, 0.717) is 21.5 Å². The summed E-state index contributed by atoms with van der Waals surface area (Å²) >= 11 is 1.36. The van der Waals surface area contributed by atoms with E-state index in [1.807, 2.05) is 49.6 Å². The highest BCUT2D eigenvalue weighted by Crippen LogP contribution is 2.30. The van der Waals surface area contributed by atoms with Crippen LogP contribution in [-0.2, 0) is 4.79 Å². The van der Waals surface area contributed by atoms with Crippen molar-refractivity contribution < 1.29 is 14.3 Å². The first-order valence-electron chi connectivity index (χ1n) is 10.3. The number of carbonyl (C=O) groups is 2. The van der Waals surface area contributed by atoms with Gasteiger partial charge in [0, 0.05) is 16.5 Å². The van der Waals surface area contributed by atoms with Gasteiger partial charge in [-0.2, -0.15) is 0 Å². The molecule has 4 aromatic rings. The zero-order chi connectivity index (χ0) is 23.4. The lowest BCUT2D eigenvalue weighted by molar-refractivity contribution is -0.116. The molecular formula is C24H22N4O4S. The molecule has 0 saturated carbocycles. The molecule has 33 heavy (non-hydrogen) atoms. The Morgan fingerprint density at radius 2 is 1.82 bits per heavy atom. The van der Waals surface area contributed by atoms with Crippen molar-refractivity contribution in [1.82, 2.24) is 15.0 Å². The number of hydrogen-bond acceptors (Lipinski definition) is 6. The van der Waals surface area contributed by atoms with E-state index >= 15 is 0 Å². The van der Waals surface area contributed by atoms with Crippen molar-refractivity contribution in [3.05, 3.63) is 82.2 Å². The van der Waals surface area contributed by atoms with Gasteiger partial charge in [-0.05, 0) is 43.7 Å². The van der Waals surface area contributed by atoms with Gasteiger partial charge in [0.1, 0.15) is 16.9 Å². The molecular weight excluding hydrogens is 440 g/mol. The highest BCUT2D eigenvalue weighted by molar-refractivity contribution is 7.17. The third-order valence-corrected chi connectivity index (χ3v) is 5.61. The fraction of sp³-hybridized carbons (Fsp3) is 0.167. The number of rotatable bonds is 7. The molecule has 2 aromatic carbocycles. The molecule has 0 aliphatic carbocycles. The number of hydrogen-bond donors (Lipinski definition) is 2. The maximum Gasteiger partial charge on any atom is 0.281 e. The van der Waals surface area contributed by atoms with Crippen LogP contribution < -0.4 is 21.0 Å². The van der Waals surface area contributed by atoms with Crippen molar-refractivity contribution in [2.75, 3.05) is 12.0 Å². The Kier molecular flexibility index (Phi) is 6.50. The highest BCUT2D eigenvalue weighted by atomic mass is 32.1. The van der Waals surface area contributed by atoms with Gasteiger partial charge in [0.25, 0.3) is 17.4 Å². The van der Waals surface area contributed by atoms with Gasteiger partial charge in [-0.3, -0.25) is 19.8 Å². The summed E-state index contributed by atoms with van der Waals surface area (Å²) in [6, 6.07) is 16.1. The minimum Gasteiger partial charge on any atom is -0.491 e. The molecule has 0 aliphatic rings. The van der Waals surface area contributed by atoms with Gasteiger partial charge >= 0.3 is 0 Å². The quantitative estimate of drug-likeness (QED) is 0.438. The van der Waals surface area contributed by atoms with Crippen LogP contribution in [0.4, 0.5) is 0 Å². The molecule has 0 aliphatic heterocycles. The summed E-state index contributed by atoms with van der Waals surface area (Å²) in [4.78, 5) is 42.6. The van der Waals surface area contributed by atoms with Crippen molar-refractivity contribution in [2.24, 2.45) is 0 Å². The maximum absolute atomic E-state index is 13.0. The summed E-state index contributed by atoms with van der Waals surface area (Å²) in [6.45, 7) is 3.53. The molecule has 0 unspecified atom stereocenters. The zero-order valence-electron chi connectivity index (χ0n) is 18.1. The van der Waals surface area contributed by atoms with Crippen molar-refractivity contribution in [1.29, 1.82) is 0 Å². The molecule has 4 rings (SSSR count). The first-order chi connectivity index (χ1) is 15.9. The van der Waals surface area contributed by atoms with Crippen molar-refractivity contribution in [3.8, 4) is 16.9 Å². The molecule has 8 nitrogen and oxygen atoms in total. The SMILES string of the molecule is CC(C)Oc1ccc(C(=O)NCC(=O)Nn2cnc3scc(-c4ccccc4)c3c2=O)cc1. The summed E-state index contributed by atoms with van der Waals surface area (Å²) in [7, 11) is 0. The van der Waals surface area contributed by atoms with E-state index in [-0.39, 0.29) is 18.2 Å². The Morgan fingerprint density at radius 1 is 1.09 bits per heavy atom. The van der Waals surface area contributed by atoms with Gasteiger partial charge in [0.2, 0.25) is 0 Å². The van der Waals surface area contributed by atoms with E-state index in [4.69, 9.17) is 4.74 Å². The summed E-state index contributed by atoms with van der Waals surface area (Å²) in [5.74, 6) is -0.306. The summed E-state index contributed by atoms with van der Waals surface area (Å²) < 4.78 is 6.59. The number of ether oxygens (including phenoxy) is 1. The molecule has 0 saturated heterocycles. The molecule has 2 heterocycles. The third-order valence-electron chi connectivity index (χ3n) is 4.72. The number of fused-ring (bicyclic) bond motifs is 1. The van der Waals surface area contributed by atoms with Crippen molar-refractivity contribution >= 4 is 33.4 Å². The summed E-state index contributed by atoms with van der Waals surface area (Å²) in [5, 5.41) is 4.85. The number of benzene rings is 2. The second kappa shape index (κ2) is 9.66. The monoisotopic (exact) mass is 462 g/mol. The second-order valence-electron chi connectivity index (χ2n) is 7.52. The fourth-order valence-corrected chi connectivity index (χ4v) is 4.14. The Morgan fingerprint density at radius 3 is 2.52 bits per heavy atom. The smallest absolute Gasteiger partial charge is 0.281 e. The summed E-state index contributed by atoms with van der Waals surface area (Å²) in [6.07, 6.45) is 1.30. The van der Waals surface area contributed by atoms with Crippen LogP contribution >= 0.6 is 11.3 Å². The van der Waals surface area contributed by atoms with E-state index < -0.39 is 11.8 Å². The largest absolute Gasteiger partial charge is 0.491 e. The molecule has 0 atom stereocenters. The fourth-order valence-electron chi connectivity index (χ4n) is 3.24. The topological polar surface area (TPSA) is 102 Å². The number of thiophene rings is 1. The Bertz CT molecular complexity index is 1340. The molecule has 0 bridgehead atoms. The van der Waals surface area contributed by atoms with Gasteiger partial charge in [0.15, 0.2) is 0 Å². The van der Waals surface area contributed by atoms with Crippen LogP contribution in [-0.4, -0.2) is 34.1 Å². The molecule has 0 spiro atoms. The predicted octanol–water partition coefficient (Wildman–Crippen LogP) is 3.41. The van der Waals surface area contributed by atoms with Crippen LogP contribution in [0, 0.1) is 0 Å². The lowest BCUT2D eigenvalue weighted by atomic mass is 10.1. The van der Waals surface area contributed by atoms with Gasteiger partial charge in [-0.15, -0.1) is 11.3 Å². The van der Waals surface area contributed by atoms with Crippen LogP contribution in [0.2, 0.25) is 0 Å². The van der Waals surface area contributed by atoms with Gasteiger partial charge in [0.05, 0.1) is 18.0 Å². The van der Waals surface area contributed by atoms with Gasteiger partial charge in [-0.1, -0.05) is 30.3 Å². The minimum absolute atomic E-state index is 0.0309. The number of aromatic nitrogens is 2. The van der Waals surface area contributed by atoms with E-state index in [1.165, 1.54) is 17.7 Å². The molecule has 0 radical (unpaired) electrons. The third kappa shape index (κ3) is 5.09. The van der Waals surface area contributed by atoms with Crippen LogP contribution in [0.25, 0.3) is 21.3 Å². The Hall–Kier alpha value is -3.98. The average Bonchev–Trinajstić information content (AvgIpc) is 3.25. The minimum atomic E-state index is -0.553. The predicted molar refractivity (Wildman–Crippen MR) is 128 cm³/mol. The van der Waals surface area contributed by atoms with Crippen LogP contribution in [0.3, 0.4) is 0 Å². The first-order valence-corrected chi connectivity index (χ1v) is 11.2. The average molecular weight is 463 g/mol. The molecule has 0 fully saturated rings. The Labute approximate surface area is 193 Å². The van der Waals surface area contributed by atoms with Crippen LogP contribution in [0.5, 0.6) is 5.75 Å². The molecule has 9 heteroatoms. The van der Waals surface area contributed by atoms with E-state index in [0.717, 1.165) is 15.8 Å². The summed E-state index contributed by atoms with van der Waals surface area (Å²) in [5.41, 5.74) is 4.14. The van der Waals surface area contributed by atoms with Crippen molar-refractivity contribution in [2.45, 2.75) is 20.0 Å². The molecule has 168 valence electrons. The van der Waals surface area contributed by atoms with Crippen LogP contribution in [0.15, 0.2) is 71.1 Å². The first kappa shape index (κ1) is 22.2. The highest BCUT2D eigenvalue weighted by Gasteiger charge is 2.15. The number of carbonyl (C=O) groups excluding carboxylic acids is 2. The van der Waals surface area contributed by atoms with Gasteiger partial charge in [-0.25, -0.2) is 9.66 Å². The normalized spacial score (nSPS) is 10.9. The van der Waals surface area contributed by atoms with Gasteiger partial charge < -0.3 is 10.1 Å². The molecule has 2 amide bonds. The van der Waals surface area contributed by atoms with E-state index in [2.05, 4.69) is 15.7 Å². The Balaban J connectivity index is 1.43. The second-order valence-corrected chi connectivity index (χ2v) is 8.38. The van der Waals surface area contributed by atoms with E-state index in [9.17, 15) is 14.4 Å². The van der Waals surface area contributed by atoms with Crippen molar-refractivity contribution in [3.63, 3.8) is 0 Å². The number of nitrogens with zero attached hydrogens (tertiary/aromatic N) is 2.